The Morgan fingerprint density at radius 1 is 1.17 bits per heavy atom. The van der Waals surface area contributed by atoms with Crippen molar-refractivity contribution in [2.45, 2.75) is 51.3 Å². The fourth-order valence-electron chi connectivity index (χ4n) is 2.29. The monoisotopic (exact) mass is 348 g/mol. The van der Waals surface area contributed by atoms with Gasteiger partial charge in [0.25, 0.3) is 0 Å². The zero-order valence-corrected chi connectivity index (χ0v) is 14.3. The summed E-state index contributed by atoms with van der Waals surface area (Å²) in [6, 6.07) is -1.04. The number of aliphatic hydroxyl groups excluding tert-OH is 1. The third kappa shape index (κ3) is 8.80. The molecule has 140 valence electrons. The van der Waals surface area contributed by atoms with Crippen LogP contribution in [0, 0.1) is 5.92 Å². The highest BCUT2D eigenvalue weighted by Crippen LogP contribution is 2.11. The van der Waals surface area contributed by atoms with Crippen LogP contribution in [-0.4, -0.2) is 81.6 Å². The molecule has 1 fully saturated rings. The van der Waals surface area contributed by atoms with Gasteiger partial charge >= 0.3 is 17.9 Å². The molecule has 9 heteroatoms. The van der Waals surface area contributed by atoms with E-state index in [0.717, 1.165) is 19.4 Å². The van der Waals surface area contributed by atoms with E-state index >= 15 is 0 Å². The maximum absolute atomic E-state index is 11.0. The minimum atomic E-state index is -1.56. The summed E-state index contributed by atoms with van der Waals surface area (Å²) in [5, 5.41) is 37.8. The first-order chi connectivity index (χ1) is 11.1. The summed E-state index contributed by atoms with van der Waals surface area (Å²) in [5.41, 5.74) is 0. The predicted octanol–water partition coefficient (Wildman–Crippen LogP) is -0.314. The normalized spacial score (nSPS) is 19.5. The van der Waals surface area contributed by atoms with Crippen LogP contribution in [0.2, 0.25) is 0 Å². The van der Waals surface area contributed by atoms with E-state index in [1.165, 1.54) is 11.9 Å². The topological polar surface area (TPSA) is 147 Å². The second kappa shape index (κ2) is 11.0. The number of hydrogen-bond acceptors (Lipinski definition) is 6. The standard InChI is InChI=1S/C10H19NO5.C5H9NO2/c1-6(2)4-7(9(13)14)11(3)5-8(12)10(15)16;7-5(8)4-2-1-3-6-4/h6-8,12H,4-5H2,1-3H3,(H,13,14)(H,15,16);4,6H,1-3H2,(H,7,8)/t7-,8+;4-/m10/s1. The molecule has 1 saturated heterocycles. The highest BCUT2D eigenvalue weighted by atomic mass is 16.4. The van der Waals surface area contributed by atoms with E-state index in [1.54, 1.807) is 0 Å². The van der Waals surface area contributed by atoms with E-state index in [4.69, 9.17) is 20.4 Å². The van der Waals surface area contributed by atoms with Crippen molar-refractivity contribution < 1.29 is 34.8 Å². The molecule has 0 aliphatic carbocycles. The quantitative estimate of drug-likeness (QED) is 0.398. The second-order valence-electron chi connectivity index (χ2n) is 6.26. The number of aliphatic carboxylic acids is 3. The van der Waals surface area contributed by atoms with E-state index in [9.17, 15) is 14.4 Å². The van der Waals surface area contributed by atoms with E-state index in [-0.39, 0.29) is 18.5 Å². The average molecular weight is 348 g/mol. The lowest BCUT2D eigenvalue weighted by atomic mass is 10.0. The number of nitrogens with zero attached hydrogens (tertiary/aromatic N) is 1. The first-order valence-corrected chi connectivity index (χ1v) is 7.86. The van der Waals surface area contributed by atoms with Gasteiger partial charge in [0.05, 0.1) is 0 Å². The molecular weight excluding hydrogens is 320 g/mol. The Kier molecular flexibility index (Phi) is 10.2. The minimum absolute atomic E-state index is 0.186. The van der Waals surface area contributed by atoms with Crippen LogP contribution in [0.3, 0.4) is 0 Å². The SMILES string of the molecule is CC(C)C[C@H](C(=O)O)N(C)C[C@H](O)C(=O)O.O=C(O)[C@@H]1CCCN1. The van der Waals surface area contributed by atoms with Crippen LogP contribution in [0.4, 0.5) is 0 Å². The molecule has 0 spiro atoms. The number of carbonyl (C=O) groups is 3. The Bertz CT molecular complexity index is 422. The summed E-state index contributed by atoms with van der Waals surface area (Å²) >= 11 is 0. The number of hydrogen-bond donors (Lipinski definition) is 5. The lowest BCUT2D eigenvalue weighted by Crippen LogP contribution is -2.45. The van der Waals surface area contributed by atoms with Gasteiger partial charge in [-0.1, -0.05) is 13.8 Å². The zero-order valence-electron chi connectivity index (χ0n) is 14.3. The van der Waals surface area contributed by atoms with Gasteiger partial charge in [-0.3, -0.25) is 14.5 Å². The summed E-state index contributed by atoms with van der Waals surface area (Å²) in [6.07, 6.45) is 0.642. The molecule has 24 heavy (non-hydrogen) atoms. The van der Waals surface area contributed by atoms with E-state index in [0.29, 0.717) is 6.42 Å². The van der Waals surface area contributed by atoms with Crippen molar-refractivity contribution in [3.63, 3.8) is 0 Å². The van der Waals surface area contributed by atoms with Crippen LogP contribution in [0.25, 0.3) is 0 Å². The van der Waals surface area contributed by atoms with Crippen molar-refractivity contribution in [3.05, 3.63) is 0 Å². The van der Waals surface area contributed by atoms with Crippen molar-refractivity contribution in [1.82, 2.24) is 10.2 Å². The first-order valence-electron chi connectivity index (χ1n) is 7.86. The van der Waals surface area contributed by atoms with Gasteiger partial charge in [0.15, 0.2) is 6.10 Å². The fourth-order valence-corrected chi connectivity index (χ4v) is 2.29. The Labute approximate surface area is 141 Å². The molecule has 0 radical (unpaired) electrons. The van der Waals surface area contributed by atoms with Crippen LogP contribution in [0.1, 0.15) is 33.1 Å². The van der Waals surface area contributed by atoms with Crippen LogP contribution < -0.4 is 5.32 Å². The molecule has 0 aromatic carbocycles. The predicted molar refractivity (Wildman–Crippen MR) is 85.8 cm³/mol. The number of aliphatic hydroxyl groups is 1. The maximum Gasteiger partial charge on any atom is 0.333 e. The minimum Gasteiger partial charge on any atom is -0.480 e. The molecule has 1 aliphatic rings. The molecule has 1 aliphatic heterocycles. The fraction of sp³-hybridized carbons (Fsp3) is 0.800. The highest BCUT2D eigenvalue weighted by Gasteiger charge is 2.27. The maximum atomic E-state index is 11.0. The summed E-state index contributed by atoms with van der Waals surface area (Å²) in [5.74, 6) is -2.89. The first kappa shape index (κ1) is 22.3. The van der Waals surface area contributed by atoms with Gasteiger partial charge in [-0.2, -0.15) is 0 Å². The third-order valence-corrected chi connectivity index (χ3v) is 3.62. The van der Waals surface area contributed by atoms with Gasteiger partial charge in [-0.05, 0) is 38.8 Å². The molecule has 5 N–H and O–H groups in total. The second-order valence-corrected chi connectivity index (χ2v) is 6.26. The van der Waals surface area contributed by atoms with Gasteiger partial charge in [0.1, 0.15) is 12.1 Å². The molecule has 3 atom stereocenters. The lowest BCUT2D eigenvalue weighted by molar-refractivity contribution is -0.151. The zero-order chi connectivity index (χ0) is 18.9. The smallest absolute Gasteiger partial charge is 0.333 e. The average Bonchev–Trinajstić information content (AvgIpc) is 2.99. The van der Waals surface area contributed by atoms with Gasteiger partial charge in [-0.15, -0.1) is 0 Å². The lowest BCUT2D eigenvalue weighted by Gasteiger charge is -2.26. The summed E-state index contributed by atoms with van der Waals surface area (Å²) in [6.45, 7) is 4.44. The summed E-state index contributed by atoms with van der Waals surface area (Å²) in [4.78, 5) is 32.9. The van der Waals surface area contributed by atoms with Crippen LogP contribution in [0.15, 0.2) is 0 Å². The molecule has 0 saturated carbocycles. The van der Waals surface area contributed by atoms with Gasteiger partial charge in [0, 0.05) is 6.54 Å². The molecule has 0 bridgehead atoms. The molecule has 0 aromatic rings. The Morgan fingerprint density at radius 3 is 2.04 bits per heavy atom. The number of likely N-dealkylation sites (N-methyl/N-ethyl adjacent to an activating group) is 1. The van der Waals surface area contributed by atoms with Crippen molar-refractivity contribution in [2.75, 3.05) is 20.1 Å². The number of carboxylic acid groups (broad SMARTS) is 3. The molecule has 9 nitrogen and oxygen atoms in total. The molecule has 1 heterocycles. The molecule has 0 aromatic heterocycles. The van der Waals surface area contributed by atoms with E-state index in [2.05, 4.69) is 5.32 Å². The highest BCUT2D eigenvalue weighted by molar-refractivity contribution is 5.74. The van der Waals surface area contributed by atoms with Gasteiger partial charge < -0.3 is 25.7 Å². The van der Waals surface area contributed by atoms with Gasteiger partial charge in [0.2, 0.25) is 0 Å². The number of rotatable bonds is 8. The third-order valence-electron chi connectivity index (χ3n) is 3.62. The van der Waals surface area contributed by atoms with Crippen molar-refractivity contribution in [2.24, 2.45) is 5.92 Å². The van der Waals surface area contributed by atoms with Crippen molar-refractivity contribution in [1.29, 1.82) is 0 Å². The number of nitrogens with one attached hydrogen (secondary N) is 1. The molecule has 1 rings (SSSR count). The summed E-state index contributed by atoms with van der Waals surface area (Å²) in [7, 11) is 1.49. The van der Waals surface area contributed by atoms with E-state index in [1.807, 2.05) is 13.8 Å². The van der Waals surface area contributed by atoms with Gasteiger partial charge in [-0.25, -0.2) is 4.79 Å². The number of carboxylic acids is 3. The van der Waals surface area contributed by atoms with Crippen LogP contribution >= 0.6 is 0 Å². The van der Waals surface area contributed by atoms with Crippen molar-refractivity contribution >= 4 is 17.9 Å². The van der Waals surface area contributed by atoms with E-state index < -0.39 is 30.1 Å². The van der Waals surface area contributed by atoms with Crippen LogP contribution in [0.5, 0.6) is 0 Å². The Morgan fingerprint density at radius 2 is 1.75 bits per heavy atom. The molecular formula is C15H28N2O7. The van der Waals surface area contributed by atoms with Crippen LogP contribution in [-0.2, 0) is 14.4 Å². The molecule has 0 amide bonds. The largest absolute Gasteiger partial charge is 0.480 e. The Balaban J connectivity index is 0.000000546. The van der Waals surface area contributed by atoms with Crippen molar-refractivity contribution in [3.8, 4) is 0 Å². The molecule has 0 unspecified atom stereocenters. The Hall–Kier alpha value is -1.71. The summed E-state index contributed by atoms with van der Waals surface area (Å²) < 4.78 is 0.